The van der Waals surface area contributed by atoms with E-state index in [2.05, 4.69) is 5.32 Å². The van der Waals surface area contributed by atoms with Crippen molar-refractivity contribution in [3.8, 4) is 0 Å². The zero-order valence-electron chi connectivity index (χ0n) is 16.9. The minimum Gasteiger partial charge on any atom is -0.459 e. The van der Waals surface area contributed by atoms with Gasteiger partial charge in [-0.25, -0.2) is 0 Å². The normalized spacial score (nSPS) is 12.1. The van der Waals surface area contributed by atoms with Gasteiger partial charge in [-0.3, -0.25) is 14.5 Å². The van der Waals surface area contributed by atoms with Crippen molar-refractivity contribution in [2.45, 2.75) is 14.7 Å². The number of nitrogens with one attached hydrogen (secondary N) is 1. The lowest BCUT2D eigenvalue weighted by Crippen LogP contribution is -2.29. The molecule has 0 aliphatic carbocycles. The molecule has 4 aromatic rings. The number of para-hydroxylation sites is 2. The minimum atomic E-state index is -0.300. The van der Waals surface area contributed by atoms with Gasteiger partial charge in [0.25, 0.3) is 5.91 Å². The highest BCUT2D eigenvalue weighted by Crippen LogP contribution is 2.48. The maximum atomic E-state index is 13.3. The molecule has 5 rings (SSSR count). The van der Waals surface area contributed by atoms with E-state index in [-0.39, 0.29) is 17.6 Å². The van der Waals surface area contributed by atoms with Crippen molar-refractivity contribution in [2.24, 2.45) is 0 Å². The first-order valence-corrected chi connectivity index (χ1v) is 11.8. The molecule has 0 spiro atoms. The first-order valence-electron chi connectivity index (χ1n) is 9.95. The van der Waals surface area contributed by atoms with Gasteiger partial charge < -0.3 is 9.73 Å². The molecule has 7 heteroatoms. The van der Waals surface area contributed by atoms with E-state index in [1.165, 1.54) is 18.0 Å². The first-order chi connectivity index (χ1) is 15.7. The Morgan fingerprint density at radius 1 is 0.844 bits per heavy atom. The van der Waals surface area contributed by atoms with Crippen molar-refractivity contribution < 1.29 is 14.0 Å². The van der Waals surface area contributed by atoms with Gasteiger partial charge in [-0.15, -0.1) is 11.8 Å². The standard InChI is InChI=1S/C25H18N2O3S2/c28-24(27-19-6-1-3-9-22(19)32-23-10-4-2-7-20(23)27)16-31-18-13-11-17(12-14-18)26-25(29)21-8-5-15-30-21/h1-15H,16H2,(H,26,29). The van der Waals surface area contributed by atoms with Crippen LogP contribution in [0, 0.1) is 0 Å². The second kappa shape index (κ2) is 8.98. The summed E-state index contributed by atoms with van der Waals surface area (Å²) in [4.78, 5) is 30.3. The van der Waals surface area contributed by atoms with Crippen LogP contribution < -0.4 is 10.2 Å². The molecule has 3 aromatic carbocycles. The molecule has 0 radical (unpaired) electrons. The lowest BCUT2D eigenvalue weighted by atomic mass is 10.2. The summed E-state index contributed by atoms with van der Waals surface area (Å²) in [5.74, 6) is 0.274. The molecule has 2 heterocycles. The monoisotopic (exact) mass is 458 g/mol. The molecule has 0 atom stereocenters. The Morgan fingerprint density at radius 2 is 1.50 bits per heavy atom. The summed E-state index contributed by atoms with van der Waals surface area (Å²) in [5.41, 5.74) is 2.49. The summed E-state index contributed by atoms with van der Waals surface area (Å²) in [6.45, 7) is 0. The Kier molecular flexibility index (Phi) is 5.75. The fourth-order valence-corrected chi connectivity index (χ4v) is 5.22. The molecule has 1 N–H and O–H groups in total. The van der Waals surface area contributed by atoms with E-state index in [0.29, 0.717) is 11.4 Å². The smallest absolute Gasteiger partial charge is 0.291 e. The Balaban J connectivity index is 1.28. The zero-order chi connectivity index (χ0) is 21.9. The fourth-order valence-electron chi connectivity index (χ4n) is 3.42. The van der Waals surface area contributed by atoms with E-state index in [0.717, 1.165) is 26.1 Å². The van der Waals surface area contributed by atoms with Gasteiger partial charge in [-0.1, -0.05) is 36.0 Å². The third-order valence-electron chi connectivity index (χ3n) is 4.90. The van der Waals surface area contributed by atoms with Crippen molar-refractivity contribution in [2.75, 3.05) is 16.0 Å². The first kappa shape index (κ1) is 20.5. The number of rotatable bonds is 5. The summed E-state index contributed by atoms with van der Waals surface area (Å²) in [5, 5.41) is 2.79. The molecule has 32 heavy (non-hydrogen) atoms. The maximum Gasteiger partial charge on any atom is 0.291 e. The highest BCUT2D eigenvalue weighted by Gasteiger charge is 2.27. The van der Waals surface area contributed by atoms with Crippen LogP contribution in [0.4, 0.5) is 17.1 Å². The zero-order valence-corrected chi connectivity index (χ0v) is 18.5. The van der Waals surface area contributed by atoms with Crippen molar-refractivity contribution >= 4 is 52.4 Å². The van der Waals surface area contributed by atoms with Gasteiger partial charge in [0.05, 0.1) is 23.4 Å². The molecule has 0 fully saturated rings. The number of furan rings is 1. The van der Waals surface area contributed by atoms with Crippen molar-refractivity contribution in [3.05, 3.63) is 97.0 Å². The number of anilines is 3. The molecular weight excluding hydrogens is 440 g/mol. The number of benzene rings is 3. The van der Waals surface area contributed by atoms with Crippen molar-refractivity contribution in [3.63, 3.8) is 0 Å². The molecule has 1 aromatic heterocycles. The summed E-state index contributed by atoms with van der Waals surface area (Å²) in [7, 11) is 0. The van der Waals surface area contributed by atoms with Gasteiger partial charge in [0.1, 0.15) is 0 Å². The van der Waals surface area contributed by atoms with Crippen LogP contribution in [0.1, 0.15) is 10.6 Å². The molecule has 0 saturated carbocycles. The predicted octanol–water partition coefficient (Wildman–Crippen LogP) is 6.45. The average molecular weight is 459 g/mol. The highest BCUT2D eigenvalue weighted by atomic mass is 32.2. The Hall–Kier alpha value is -3.42. The topological polar surface area (TPSA) is 62.6 Å². The molecule has 5 nitrogen and oxygen atoms in total. The van der Waals surface area contributed by atoms with Crippen molar-refractivity contribution in [1.29, 1.82) is 0 Å². The van der Waals surface area contributed by atoms with Crippen LogP contribution in [0.2, 0.25) is 0 Å². The van der Waals surface area contributed by atoms with Crippen molar-refractivity contribution in [1.82, 2.24) is 0 Å². The van der Waals surface area contributed by atoms with E-state index in [4.69, 9.17) is 4.42 Å². The Morgan fingerprint density at radius 3 is 2.12 bits per heavy atom. The second-order valence-corrected chi connectivity index (χ2v) is 9.14. The van der Waals surface area contributed by atoms with E-state index in [9.17, 15) is 9.59 Å². The number of carbonyl (C=O) groups excluding carboxylic acids is 2. The van der Waals surface area contributed by atoms with Gasteiger partial charge in [0.15, 0.2) is 5.76 Å². The number of amides is 2. The SMILES string of the molecule is O=C(Nc1ccc(SCC(=O)N2c3ccccc3Sc3ccccc32)cc1)c1ccco1. The lowest BCUT2D eigenvalue weighted by molar-refractivity contribution is -0.115. The molecule has 158 valence electrons. The van der Waals surface area contributed by atoms with Gasteiger partial charge in [0, 0.05) is 20.4 Å². The predicted molar refractivity (Wildman–Crippen MR) is 128 cm³/mol. The van der Waals surface area contributed by atoms with E-state index >= 15 is 0 Å². The van der Waals surface area contributed by atoms with Crippen LogP contribution >= 0.6 is 23.5 Å². The largest absolute Gasteiger partial charge is 0.459 e. The van der Waals surface area contributed by atoms with Crippen LogP contribution in [0.5, 0.6) is 0 Å². The minimum absolute atomic E-state index is 0.0189. The highest BCUT2D eigenvalue weighted by molar-refractivity contribution is 8.00. The number of hydrogen-bond donors (Lipinski definition) is 1. The number of thioether (sulfide) groups is 1. The van der Waals surface area contributed by atoms with Gasteiger partial charge in [-0.2, -0.15) is 0 Å². The van der Waals surface area contributed by atoms with Gasteiger partial charge >= 0.3 is 0 Å². The summed E-state index contributed by atoms with van der Waals surface area (Å²) in [6, 6.07) is 26.6. The molecule has 2 amide bonds. The van der Waals surface area contributed by atoms with Crippen LogP contribution in [-0.2, 0) is 4.79 Å². The molecular formula is C25H18N2O3S2. The third kappa shape index (κ3) is 4.17. The Bertz CT molecular complexity index is 1230. The van der Waals surface area contributed by atoms with Gasteiger partial charge in [0.2, 0.25) is 5.91 Å². The second-order valence-electron chi connectivity index (χ2n) is 7.01. The van der Waals surface area contributed by atoms with Crippen LogP contribution in [-0.4, -0.2) is 17.6 Å². The lowest BCUT2D eigenvalue weighted by Gasteiger charge is -2.31. The van der Waals surface area contributed by atoms with E-state index in [1.54, 1.807) is 23.9 Å². The van der Waals surface area contributed by atoms with E-state index < -0.39 is 0 Å². The molecule has 0 unspecified atom stereocenters. The summed E-state index contributed by atoms with van der Waals surface area (Å²) in [6.07, 6.45) is 1.46. The molecule has 0 bridgehead atoms. The average Bonchev–Trinajstić information content (AvgIpc) is 3.37. The number of hydrogen-bond acceptors (Lipinski definition) is 5. The number of carbonyl (C=O) groups is 2. The maximum absolute atomic E-state index is 13.3. The molecule has 1 aliphatic rings. The quantitative estimate of drug-likeness (QED) is 0.348. The van der Waals surface area contributed by atoms with Crippen LogP contribution in [0.15, 0.2) is 110 Å². The van der Waals surface area contributed by atoms with Crippen LogP contribution in [0.25, 0.3) is 0 Å². The molecule has 1 aliphatic heterocycles. The molecule has 0 saturated heterocycles. The summed E-state index contributed by atoms with van der Waals surface area (Å²) < 4.78 is 5.10. The van der Waals surface area contributed by atoms with E-state index in [1.807, 2.05) is 77.7 Å². The fraction of sp³-hybridized carbons (Fsp3) is 0.0400. The third-order valence-corrected chi connectivity index (χ3v) is 7.03. The van der Waals surface area contributed by atoms with Gasteiger partial charge in [-0.05, 0) is 60.7 Å². The van der Waals surface area contributed by atoms with Crippen LogP contribution in [0.3, 0.4) is 0 Å². The Labute approximate surface area is 193 Å². The number of fused-ring (bicyclic) bond motifs is 2. The summed E-state index contributed by atoms with van der Waals surface area (Å²) >= 11 is 3.15. The number of nitrogens with zero attached hydrogens (tertiary/aromatic N) is 1.